The third kappa shape index (κ3) is 45.5. The molecule has 0 fully saturated rings. The van der Waals surface area contributed by atoms with Crippen molar-refractivity contribution in [1.29, 1.82) is 0 Å². The molecule has 0 aliphatic heterocycles. The van der Waals surface area contributed by atoms with Crippen LogP contribution in [-0.2, 0) is 23.6 Å². The van der Waals surface area contributed by atoms with E-state index in [0.717, 1.165) is 25.7 Å². The molecule has 9 heteroatoms. The molecular formula is C35H71O8P. The molecule has 0 spiro atoms. The van der Waals surface area contributed by atoms with Gasteiger partial charge in [-0.25, -0.2) is 4.57 Å². The van der Waals surface area contributed by atoms with Gasteiger partial charge in [0.25, 0.3) is 0 Å². The van der Waals surface area contributed by atoms with Crippen LogP contribution < -0.4 is 0 Å². The fourth-order valence-corrected chi connectivity index (χ4v) is 5.17. The average molecular weight is 651 g/mol. The minimum atomic E-state index is -4.64. The molecule has 1 atom stereocenters. The highest BCUT2D eigenvalue weighted by atomic mass is 31.2. The highest BCUT2D eigenvalue weighted by Gasteiger charge is 2.12. The van der Waals surface area contributed by atoms with Gasteiger partial charge in [-0.2, -0.15) is 0 Å². The Labute approximate surface area is 271 Å². The molecule has 0 saturated heterocycles. The van der Waals surface area contributed by atoms with Crippen LogP contribution in [0.3, 0.4) is 0 Å². The quantitative estimate of drug-likeness (QED) is 0.0384. The van der Waals surface area contributed by atoms with Gasteiger partial charge in [0.2, 0.25) is 0 Å². The molecule has 0 bridgehead atoms. The molecule has 0 radical (unpaired) electrons. The first-order valence-electron chi connectivity index (χ1n) is 18.2. The van der Waals surface area contributed by atoms with Gasteiger partial charge in [-0.05, 0) is 19.8 Å². The van der Waals surface area contributed by atoms with E-state index >= 15 is 0 Å². The molecule has 1 unspecified atom stereocenters. The molecule has 0 amide bonds. The molecule has 0 aromatic carbocycles. The van der Waals surface area contributed by atoms with Gasteiger partial charge in [-0.1, -0.05) is 168 Å². The van der Waals surface area contributed by atoms with Gasteiger partial charge in [0.05, 0.1) is 0 Å². The highest BCUT2D eigenvalue weighted by Crippen LogP contribution is 2.25. The highest BCUT2D eigenvalue weighted by molar-refractivity contribution is 7.45. The second-order valence-electron chi connectivity index (χ2n) is 12.5. The molecule has 0 rings (SSSR count). The van der Waals surface area contributed by atoms with Crippen LogP contribution in [0.25, 0.3) is 0 Å². The molecule has 0 aromatic rings. The molecule has 0 heterocycles. The minimum absolute atomic E-state index is 0.168. The van der Waals surface area contributed by atoms with Crippen LogP contribution in [0.1, 0.15) is 201 Å². The predicted molar refractivity (Wildman–Crippen MR) is 181 cm³/mol. The third-order valence-electron chi connectivity index (χ3n) is 7.78. The molecule has 0 aliphatic carbocycles. The molecule has 0 saturated carbocycles. The van der Waals surface area contributed by atoms with Crippen LogP contribution in [0.4, 0.5) is 0 Å². The molecular weight excluding hydrogens is 579 g/mol. The molecule has 0 aromatic heterocycles. The summed E-state index contributed by atoms with van der Waals surface area (Å²) in [5, 5.41) is 0. The van der Waals surface area contributed by atoms with Gasteiger partial charge < -0.3 is 24.2 Å². The van der Waals surface area contributed by atoms with Crippen molar-refractivity contribution in [3.63, 3.8) is 0 Å². The number of unbranched alkanes of at least 4 members (excludes halogenated alkanes) is 24. The standard InChI is InChI=1S/C35H68O4.H3O4P/c1-4-6-8-10-12-14-16-18-20-22-24-26-28-30-34(36)38-32-33(3)39-35(37)31-29-27-25-23-21-19-17-15-13-11-9-7-5-2;1-5(2,3)4/h33H,4-32H2,1-3H3;(H3,1,2,3,4). The molecule has 3 N–H and O–H groups in total. The Hall–Kier alpha value is -0.950. The summed E-state index contributed by atoms with van der Waals surface area (Å²) in [7, 11) is -4.64. The van der Waals surface area contributed by atoms with Crippen LogP contribution in [-0.4, -0.2) is 39.3 Å². The lowest BCUT2D eigenvalue weighted by atomic mass is 10.0. The second kappa shape index (κ2) is 34.9. The molecule has 0 aliphatic rings. The maximum absolute atomic E-state index is 12.0. The average Bonchev–Trinajstić information content (AvgIpc) is 2.96. The summed E-state index contributed by atoms with van der Waals surface area (Å²) in [5.74, 6) is -0.337. The first-order valence-corrected chi connectivity index (χ1v) is 19.8. The van der Waals surface area contributed by atoms with E-state index < -0.39 is 7.82 Å². The summed E-state index contributed by atoms with van der Waals surface area (Å²) in [5.41, 5.74) is 0. The van der Waals surface area contributed by atoms with Crippen LogP contribution in [0.2, 0.25) is 0 Å². The van der Waals surface area contributed by atoms with Gasteiger partial charge >= 0.3 is 19.8 Å². The van der Waals surface area contributed by atoms with Crippen molar-refractivity contribution in [2.45, 2.75) is 207 Å². The summed E-state index contributed by atoms with van der Waals surface area (Å²) >= 11 is 0. The summed E-state index contributed by atoms with van der Waals surface area (Å²) < 4.78 is 19.6. The number of rotatable bonds is 31. The van der Waals surface area contributed by atoms with Gasteiger partial charge in [-0.15, -0.1) is 0 Å². The molecule has 264 valence electrons. The zero-order valence-corrected chi connectivity index (χ0v) is 29.8. The van der Waals surface area contributed by atoms with E-state index in [0.29, 0.717) is 12.8 Å². The van der Waals surface area contributed by atoms with Crippen molar-refractivity contribution < 1.29 is 38.3 Å². The Morgan fingerprint density at radius 1 is 0.500 bits per heavy atom. The normalized spacial score (nSPS) is 12.0. The van der Waals surface area contributed by atoms with Crippen LogP contribution >= 0.6 is 7.82 Å². The molecule has 8 nitrogen and oxygen atoms in total. The van der Waals surface area contributed by atoms with E-state index in [1.807, 2.05) is 0 Å². The smallest absolute Gasteiger partial charge is 0.462 e. The Morgan fingerprint density at radius 3 is 1.05 bits per heavy atom. The number of carbonyl (C=O) groups is 2. The summed E-state index contributed by atoms with van der Waals surface area (Å²) in [6, 6.07) is 0. The Balaban J connectivity index is 0. The zero-order valence-electron chi connectivity index (χ0n) is 28.9. The van der Waals surface area contributed by atoms with E-state index in [1.54, 1.807) is 6.92 Å². The molecule has 44 heavy (non-hydrogen) atoms. The lowest BCUT2D eigenvalue weighted by Gasteiger charge is -2.13. The monoisotopic (exact) mass is 650 g/mol. The first-order chi connectivity index (χ1) is 21.1. The number of esters is 2. The fraction of sp³-hybridized carbons (Fsp3) is 0.943. The first kappa shape index (κ1) is 45.2. The van der Waals surface area contributed by atoms with Crippen LogP contribution in [0.15, 0.2) is 0 Å². The van der Waals surface area contributed by atoms with E-state index in [1.165, 1.54) is 141 Å². The van der Waals surface area contributed by atoms with Crippen molar-refractivity contribution in [3.8, 4) is 0 Å². The number of hydrogen-bond acceptors (Lipinski definition) is 5. The lowest BCUT2D eigenvalue weighted by Crippen LogP contribution is -2.22. The van der Waals surface area contributed by atoms with E-state index in [2.05, 4.69) is 13.8 Å². The Bertz CT molecular complexity index is 659. The Kier molecular flexibility index (Phi) is 35.8. The topological polar surface area (TPSA) is 130 Å². The summed E-state index contributed by atoms with van der Waals surface area (Å²) in [6.45, 7) is 6.51. The van der Waals surface area contributed by atoms with Crippen molar-refractivity contribution in [3.05, 3.63) is 0 Å². The fourth-order valence-electron chi connectivity index (χ4n) is 5.17. The lowest BCUT2D eigenvalue weighted by molar-refractivity contribution is -0.158. The summed E-state index contributed by atoms with van der Waals surface area (Å²) in [4.78, 5) is 45.6. The SMILES string of the molecule is CCCCCCCCCCCCCCCC(=O)OCC(C)OC(=O)CCCCCCCCCCCCCCC.O=P(O)(O)O. The number of ether oxygens (including phenoxy) is 2. The van der Waals surface area contributed by atoms with Crippen molar-refractivity contribution in [2.75, 3.05) is 6.61 Å². The summed E-state index contributed by atoms with van der Waals surface area (Å²) in [6.07, 6.45) is 34.2. The Morgan fingerprint density at radius 2 is 0.750 bits per heavy atom. The van der Waals surface area contributed by atoms with Crippen molar-refractivity contribution in [2.24, 2.45) is 0 Å². The van der Waals surface area contributed by atoms with Crippen LogP contribution in [0.5, 0.6) is 0 Å². The van der Waals surface area contributed by atoms with Gasteiger partial charge in [0, 0.05) is 12.8 Å². The third-order valence-corrected chi connectivity index (χ3v) is 7.78. The largest absolute Gasteiger partial charge is 0.466 e. The number of carbonyl (C=O) groups excluding carboxylic acids is 2. The zero-order chi connectivity index (χ0) is 33.2. The second-order valence-corrected chi connectivity index (χ2v) is 13.5. The van der Waals surface area contributed by atoms with Crippen molar-refractivity contribution >= 4 is 19.8 Å². The number of hydrogen-bond donors (Lipinski definition) is 3. The number of phosphoric acid groups is 1. The maximum Gasteiger partial charge on any atom is 0.466 e. The van der Waals surface area contributed by atoms with Crippen molar-refractivity contribution in [1.82, 2.24) is 0 Å². The van der Waals surface area contributed by atoms with E-state index in [4.69, 9.17) is 28.7 Å². The van der Waals surface area contributed by atoms with Gasteiger partial charge in [0.15, 0.2) is 0 Å². The van der Waals surface area contributed by atoms with Gasteiger partial charge in [0.1, 0.15) is 12.7 Å². The van der Waals surface area contributed by atoms with Crippen LogP contribution in [0, 0.1) is 0 Å². The maximum atomic E-state index is 12.0. The minimum Gasteiger partial charge on any atom is -0.462 e. The van der Waals surface area contributed by atoms with Gasteiger partial charge in [-0.3, -0.25) is 9.59 Å². The van der Waals surface area contributed by atoms with E-state index in [-0.39, 0.29) is 24.6 Å². The predicted octanol–water partition coefficient (Wildman–Crippen LogP) is 10.5. The van der Waals surface area contributed by atoms with E-state index in [9.17, 15) is 9.59 Å².